The normalized spacial score (nSPS) is 13.5. The van der Waals surface area contributed by atoms with Gasteiger partial charge in [0.1, 0.15) is 0 Å². The molecule has 0 radical (unpaired) electrons. The van der Waals surface area contributed by atoms with Gasteiger partial charge in [0.2, 0.25) is 0 Å². The highest BCUT2D eigenvalue weighted by atomic mass is 32.1. The fourth-order valence-corrected chi connectivity index (χ4v) is 1.58. The molecular weight excluding hydrogens is 124 g/mol. The van der Waals surface area contributed by atoms with Gasteiger partial charge in [0, 0.05) is 17.5 Å². The van der Waals surface area contributed by atoms with E-state index in [9.17, 15) is 0 Å². The largest absolute Gasteiger partial charge is 0.499 e. The van der Waals surface area contributed by atoms with Crippen molar-refractivity contribution in [2.75, 3.05) is 0 Å². The van der Waals surface area contributed by atoms with Gasteiger partial charge in [-0.1, -0.05) is 11.3 Å². The second kappa shape index (κ2) is 1.00. The van der Waals surface area contributed by atoms with Crippen LogP contribution in [0.2, 0.25) is 0 Å². The lowest BCUT2D eigenvalue weighted by Crippen LogP contribution is -1.51. The van der Waals surface area contributed by atoms with Crippen molar-refractivity contribution in [2.45, 2.75) is 6.42 Å². The minimum Gasteiger partial charge on any atom is -0.499 e. The maximum absolute atomic E-state index is 8.85. The lowest BCUT2D eigenvalue weighted by molar-refractivity contribution is 0.482. The van der Waals surface area contributed by atoms with Gasteiger partial charge in [-0.25, -0.2) is 0 Å². The average molecular weight is 128 g/mol. The molecule has 0 amide bonds. The first-order chi connectivity index (χ1) is 3.79. The molecule has 1 aliphatic rings. The molecule has 0 saturated carbocycles. The zero-order valence-electron chi connectivity index (χ0n) is 4.01. The Morgan fingerprint density at radius 2 is 1.62 bits per heavy atom. The maximum Gasteiger partial charge on any atom is 0.178 e. The highest BCUT2D eigenvalue weighted by molar-refractivity contribution is 7.16. The van der Waals surface area contributed by atoms with Crippen LogP contribution in [-0.2, 0) is 6.42 Å². The summed E-state index contributed by atoms with van der Waals surface area (Å²) in [4.78, 5) is 0. The third-order valence-corrected chi connectivity index (χ3v) is 2.18. The second-order valence-corrected chi connectivity index (χ2v) is 2.82. The molecule has 2 rings (SSSR count). The molecule has 0 aliphatic heterocycles. The molecule has 1 aromatic heterocycles. The number of hydrogen-bond acceptors (Lipinski definition) is 3. The van der Waals surface area contributed by atoms with E-state index in [-0.39, 0.29) is 10.1 Å². The maximum atomic E-state index is 8.85. The van der Waals surface area contributed by atoms with Crippen LogP contribution in [0, 0.1) is 0 Å². The third kappa shape index (κ3) is 0.327. The molecule has 0 fully saturated rings. The summed E-state index contributed by atoms with van der Waals surface area (Å²) in [5.74, 6) is 0. The standard InChI is InChI=1S/C5H4O2S/c6-4-2-1-3(2)5(7)8-4/h6-7H,1H2. The number of fused-ring (bicyclic) bond motifs is 1. The molecule has 1 aromatic rings. The summed E-state index contributed by atoms with van der Waals surface area (Å²) in [5.41, 5.74) is 1.88. The lowest BCUT2D eigenvalue weighted by Gasteiger charge is -1.80. The highest BCUT2D eigenvalue weighted by Gasteiger charge is 2.28. The molecular formula is C5H4O2S. The zero-order valence-corrected chi connectivity index (χ0v) is 4.83. The van der Waals surface area contributed by atoms with Crippen molar-refractivity contribution in [1.29, 1.82) is 0 Å². The van der Waals surface area contributed by atoms with Crippen molar-refractivity contribution in [2.24, 2.45) is 0 Å². The first-order valence-electron chi connectivity index (χ1n) is 2.31. The average Bonchev–Trinajstić information content (AvgIpc) is 2.35. The highest BCUT2D eigenvalue weighted by Crippen LogP contribution is 2.50. The van der Waals surface area contributed by atoms with Crippen LogP contribution in [-0.4, -0.2) is 10.2 Å². The van der Waals surface area contributed by atoms with Crippen molar-refractivity contribution < 1.29 is 10.2 Å². The van der Waals surface area contributed by atoms with E-state index in [2.05, 4.69) is 0 Å². The Morgan fingerprint density at radius 3 is 1.75 bits per heavy atom. The molecule has 8 heavy (non-hydrogen) atoms. The fraction of sp³-hybridized carbons (Fsp3) is 0.200. The Labute approximate surface area is 50.0 Å². The van der Waals surface area contributed by atoms with Gasteiger partial charge in [-0.05, 0) is 0 Å². The Morgan fingerprint density at radius 1 is 1.12 bits per heavy atom. The summed E-state index contributed by atoms with van der Waals surface area (Å²) in [6.07, 6.45) is 0.796. The van der Waals surface area contributed by atoms with Gasteiger partial charge in [0.15, 0.2) is 10.1 Å². The van der Waals surface area contributed by atoms with Crippen LogP contribution in [0.4, 0.5) is 0 Å². The Hall–Kier alpha value is -0.700. The molecule has 0 saturated heterocycles. The Bertz CT molecular complexity index is 209. The number of hydrogen-bond donors (Lipinski definition) is 2. The zero-order chi connectivity index (χ0) is 5.72. The van der Waals surface area contributed by atoms with E-state index in [4.69, 9.17) is 10.2 Å². The van der Waals surface area contributed by atoms with Gasteiger partial charge in [-0.15, -0.1) is 0 Å². The minimum atomic E-state index is 0.289. The number of rotatable bonds is 0. The summed E-state index contributed by atoms with van der Waals surface area (Å²) in [6.45, 7) is 0. The van der Waals surface area contributed by atoms with Crippen LogP contribution in [0.5, 0.6) is 10.1 Å². The van der Waals surface area contributed by atoms with E-state index in [1.165, 1.54) is 0 Å². The molecule has 42 valence electrons. The summed E-state index contributed by atoms with van der Waals surface area (Å²) in [5, 5.41) is 18.3. The summed E-state index contributed by atoms with van der Waals surface area (Å²) in [6, 6.07) is 0. The van der Waals surface area contributed by atoms with Crippen molar-refractivity contribution in [3.8, 4) is 10.1 Å². The van der Waals surface area contributed by atoms with Crippen LogP contribution in [0.25, 0.3) is 0 Å². The molecule has 2 nitrogen and oxygen atoms in total. The molecule has 1 heterocycles. The molecule has 0 unspecified atom stereocenters. The summed E-state index contributed by atoms with van der Waals surface area (Å²) < 4.78 is 0. The molecule has 3 heteroatoms. The fourth-order valence-electron chi connectivity index (χ4n) is 0.757. The number of aromatic hydroxyl groups is 2. The Kier molecular flexibility index (Phi) is 0.526. The first kappa shape index (κ1) is 4.21. The van der Waals surface area contributed by atoms with E-state index in [1.54, 1.807) is 0 Å². The van der Waals surface area contributed by atoms with Crippen LogP contribution in [0.15, 0.2) is 0 Å². The predicted octanol–water partition coefficient (Wildman–Crippen LogP) is 1.06. The van der Waals surface area contributed by atoms with E-state index in [1.807, 2.05) is 0 Å². The lowest BCUT2D eigenvalue weighted by atomic mass is 10.6. The SMILES string of the molecule is Oc1sc(O)c2c1C2. The van der Waals surface area contributed by atoms with Crippen LogP contribution in [0.1, 0.15) is 11.1 Å². The van der Waals surface area contributed by atoms with Crippen LogP contribution in [0.3, 0.4) is 0 Å². The van der Waals surface area contributed by atoms with Crippen molar-refractivity contribution in [1.82, 2.24) is 0 Å². The van der Waals surface area contributed by atoms with Gasteiger partial charge in [0.25, 0.3) is 0 Å². The van der Waals surface area contributed by atoms with Crippen molar-refractivity contribution in [3.63, 3.8) is 0 Å². The van der Waals surface area contributed by atoms with Crippen molar-refractivity contribution >= 4 is 11.3 Å². The van der Waals surface area contributed by atoms with Gasteiger partial charge >= 0.3 is 0 Å². The molecule has 0 atom stereocenters. The third-order valence-electron chi connectivity index (χ3n) is 1.30. The number of thiophene rings is 1. The molecule has 2 N–H and O–H groups in total. The Balaban J connectivity index is 2.71. The summed E-state index contributed by atoms with van der Waals surface area (Å²) >= 11 is 1.05. The van der Waals surface area contributed by atoms with E-state index >= 15 is 0 Å². The van der Waals surface area contributed by atoms with Gasteiger partial charge in [-0.3, -0.25) is 0 Å². The van der Waals surface area contributed by atoms with E-state index in [0.717, 1.165) is 28.9 Å². The smallest absolute Gasteiger partial charge is 0.178 e. The molecule has 0 bridgehead atoms. The van der Waals surface area contributed by atoms with Crippen LogP contribution < -0.4 is 0 Å². The predicted molar refractivity (Wildman–Crippen MR) is 30.5 cm³/mol. The van der Waals surface area contributed by atoms with E-state index in [0.29, 0.717) is 0 Å². The molecule has 1 aliphatic carbocycles. The van der Waals surface area contributed by atoms with Gasteiger partial charge in [-0.2, -0.15) is 0 Å². The summed E-state index contributed by atoms with van der Waals surface area (Å²) in [7, 11) is 0. The van der Waals surface area contributed by atoms with Gasteiger partial charge < -0.3 is 10.2 Å². The quantitative estimate of drug-likeness (QED) is 0.557. The van der Waals surface area contributed by atoms with Crippen molar-refractivity contribution in [3.05, 3.63) is 11.1 Å². The van der Waals surface area contributed by atoms with E-state index < -0.39 is 0 Å². The second-order valence-electron chi connectivity index (χ2n) is 1.85. The monoisotopic (exact) mass is 128 g/mol. The van der Waals surface area contributed by atoms with Crippen LogP contribution >= 0.6 is 11.3 Å². The topological polar surface area (TPSA) is 40.5 Å². The molecule has 0 spiro atoms. The molecule has 0 aromatic carbocycles. The first-order valence-corrected chi connectivity index (χ1v) is 3.13. The minimum absolute atomic E-state index is 0.289. The van der Waals surface area contributed by atoms with Gasteiger partial charge in [0.05, 0.1) is 0 Å².